The molecule has 0 fully saturated rings. The Hall–Kier alpha value is -2.70. The summed E-state index contributed by atoms with van der Waals surface area (Å²) in [6, 6.07) is 6.89. The summed E-state index contributed by atoms with van der Waals surface area (Å²) in [6.45, 7) is 1.90. The maximum absolute atomic E-state index is 11.9. The average Bonchev–Trinajstić information content (AvgIpc) is 3.28. The Morgan fingerprint density at radius 3 is 2.24 bits per heavy atom. The van der Waals surface area contributed by atoms with Gasteiger partial charge in [0.25, 0.3) is 0 Å². The summed E-state index contributed by atoms with van der Waals surface area (Å²) in [7, 11) is 0. The van der Waals surface area contributed by atoms with Crippen molar-refractivity contribution in [3.63, 3.8) is 0 Å². The predicted molar refractivity (Wildman–Crippen MR) is 99.8 cm³/mol. The maximum Gasteiger partial charge on any atom is 0.356 e. The number of nitrogens with zero attached hydrogens (tertiary/aromatic N) is 3. The van der Waals surface area contributed by atoms with E-state index in [0.717, 1.165) is 0 Å². The molecule has 0 aliphatic heterocycles. The van der Waals surface area contributed by atoms with Gasteiger partial charge in [-0.05, 0) is 41.8 Å². The summed E-state index contributed by atoms with van der Waals surface area (Å²) in [5, 5.41) is 0.603. The highest BCUT2D eigenvalue weighted by molar-refractivity contribution is 6.30. The second-order valence-electron chi connectivity index (χ2n) is 5.55. The van der Waals surface area contributed by atoms with Crippen LogP contribution in [0.25, 0.3) is 5.69 Å². The summed E-state index contributed by atoms with van der Waals surface area (Å²) in [5.74, 6) is 5.90. The second-order valence-corrected chi connectivity index (χ2v) is 5.99. The molecule has 2 aliphatic rings. The molecule has 0 unspecified atom stereocenters. The molecular formula is C18H18ClN5O. The smallest absolute Gasteiger partial charge is 0.292 e. The van der Waals surface area contributed by atoms with Crippen molar-refractivity contribution in [1.29, 1.82) is 0 Å². The van der Waals surface area contributed by atoms with E-state index in [1.165, 1.54) is 22.1 Å². The molecule has 0 saturated carbocycles. The summed E-state index contributed by atoms with van der Waals surface area (Å²) in [6.07, 6.45) is 10.5. The van der Waals surface area contributed by atoms with Crippen molar-refractivity contribution in [2.75, 3.05) is 5.43 Å². The van der Waals surface area contributed by atoms with Gasteiger partial charge in [-0.25, -0.2) is 15.2 Å². The number of rotatable bonds is 3. The lowest BCUT2D eigenvalue weighted by Gasteiger charge is -2.11. The Morgan fingerprint density at radius 2 is 1.80 bits per heavy atom. The van der Waals surface area contributed by atoms with E-state index in [9.17, 15) is 4.79 Å². The third-order valence-electron chi connectivity index (χ3n) is 3.85. The van der Waals surface area contributed by atoms with Crippen molar-refractivity contribution >= 4 is 17.5 Å². The Balaban J connectivity index is 0.000000213. The third kappa shape index (κ3) is 3.87. The fourth-order valence-corrected chi connectivity index (χ4v) is 2.74. The summed E-state index contributed by atoms with van der Waals surface area (Å²) in [4.78, 5) is 19.8. The minimum Gasteiger partial charge on any atom is -0.292 e. The predicted octanol–water partition coefficient (Wildman–Crippen LogP) is 2.94. The van der Waals surface area contributed by atoms with E-state index < -0.39 is 5.69 Å². The third-order valence-corrected chi connectivity index (χ3v) is 4.10. The minimum absolute atomic E-state index is 0.113. The molecule has 1 aromatic carbocycles. The van der Waals surface area contributed by atoms with Crippen LogP contribution in [0.5, 0.6) is 0 Å². The van der Waals surface area contributed by atoms with Gasteiger partial charge < -0.3 is 0 Å². The number of nitrogens with one attached hydrogen (secondary N) is 1. The van der Waals surface area contributed by atoms with Gasteiger partial charge in [0.05, 0.1) is 5.69 Å². The molecule has 128 valence electrons. The van der Waals surface area contributed by atoms with E-state index in [1.807, 2.05) is 6.92 Å². The number of aromatic nitrogens is 3. The highest BCUT2D eigenvalue weighted by Gasteiger charge is 2.10. The number of aryl methyl sites for hydroxylation is 1. The molecule has 6 nitrogen and oxygen atoms in total. The highest BCUT2D eigenvalue weighted by Crippen LogP contribution is 2.27. The normalized spacial score (nSPS) is 13.9. The Morgan fingerprint density at radius 1 is 1.16 bits per heavy atom. The first kappa shape index (κ1) is 17.1. The van der Waals surface area contributed by atoms with Gasteiger partial charge in [0, 0.05) is 11.4 Å². The van der Waals surface area contributed by atoms with Crippen LogP contribution in [0.2, 0.25) is 5.02 Å². The molecule has 25 heavy (non-hydrogen) atoms. The van der Waals surface area contributed by atoms with Crippen LogP contribution < -0.4 is 17.0 Å². The van der Waals surface area contributed by atoms with Gasteiger partial charge in [-0.3, -0.25) is 5.43 Å². The molecule has 2 aliphatic carbocycles. The molecule has 0 saturated heterocycles. The fourth-order valence-electron chi connectivity index (χ4n) is 2.61. The lowest BCUT2D eigenvalue weighted by molar-refractivity contribution is 0.770. The zero-order chi connectivity index (χ0) is 17.8. The molecular weight excluding hydrogens is 338 g/mol. The van der Waals surface area contributed by atoms with Crippen molar-refractivity contribution in [1.82, 2.24) is 14.5 Å². The van der Waals surface area contributed by atoms with Gasteiger partial charge >= 0.3 is 5.69 Å². The van der Waals surface area contributed by atoms with Gasteiger partial charge in [0.15, 0.2) is 0 Å². The number of hydrazine groups is 1. The second kappa shape index (κ2) is 7.46. The number of nitrogen functional groups attached to an aromatic ring is 1. The number of fused-ring (bicyclic) bond motifs is 2. The standard InChI is InChI=1S/C11H12ClN5O.C7H6/c1-2-9-14-10(16-13)15-11(18)17(9)8-5-3-7(12)4-6-8;1-2-7-4-3-6(1)5-7/h3-6H,2,13H2,1H3,(H,15,16,18);1-4H,5H2. The van der Waals surface area contributed by atoms with Gasteiger partial charge in [-0.1, -0.05) is 42.8 Å². The lowest BCUT2D eigenvalue weighted by Crippen LogP contribution is -2.28. The molecule has 0 atom stereocenters. The van der Waals surface area contributed by atoms with Crippen LogP contribution >= 0.6 is 11.6 Å². The SMILES string of the molecule is C1=CC2=CC=C1C2.CCc1nc(NN)nc(=O)n1-c1ccc(Cl)cc1. The highest BCUT2D eigenvalue weighted by atomic mass is 35.5. The number of nitrogens with two attached hydrogens (primary N) is 1. The number of anilines is 1. The van der Waals surface area contributed by atoms with Gasteiger partial charge in [-0.2, -0.15) is 9.97 Å². The number of allylic oxidation sites excluding steroid dienone is 6. The van der Waals surface area contributed by atoms with Crippen molar-refractivity contribution in [2.24, 2.45) is 5.84 Å². The topological polar surface area (TPSA) is 85.8 Å². The molecule has 2 aromatic rings. The van der Waals surface area contributed by atoms with Crippen LogP contribution in [0.4, 0.5) is 5.95 Å². The van der Waals surface area contributed by atoms with Crippen molar-refractivity contribution in [3.8, 4) is 5.69 Å². The van der Waals surface area contributed by atoms with E-state index in [-0.39, 0.29) is 5.95 Å². The van der Waals surface area contributed by atoms with Crippen LogP contribution in [0.1, 0.15) is 19.2 Å². The first-order valence-electron chi connectivity index (χ1n) is 7.91. The lowest BCUT2D eigenvalue weighted by atomic mass is 10.3. The number of hydrogen-bond acceptors (Lipinski definition) is 5. The maximum atomic E-state index is 11.9. The Bertz CT molecular complexity index is 905. The molecule has 2 bridgehead atoms. The molecule has 1 heterocycles. The molecule has 4 rings (SSSR count). The average molecular weight is 356 g/mol. The van der Waals surface area contributed by atoms with Gasteiger partial charge in [-0.15, -0.1) is 0 Å². The van der Waals surface area contributed by atoms with E-state index in [0.29, 0.717) is 23.0 Å². The van der Waals surface area contributed by atoms with E-state index in [2.05, 4.69) is 39.7 Å². The zero-order valence-electron chi connectivity index (χ0n) is 13.7. The first-order chi connectivity index (χ1) is 12.1. The van der Waals surface area contributed by atoms with Crippen LogP contribution in [-0.4, -0.2) is 14.5 Å². The van der Waals surface area contributed by atoms with Crippen LogP contribution in [0, 0.1) is 0 Å². The Kier molecular flexibility index (Phi) is 5.11. The van der Waals surface area contributed by atoms with Crippen molar-refractivity contribution < 1.29 is 0 Å². The van der Waals surface area contributed by atoms with Gasteiger partial charge in [0.2, 0.25) is 5.95 Å². The van der Waals surface area contributed by atoms with E-state index in [4.69, 9.17) is 17.4 Å². The van der Waals surface area contributed by atoms with Crippen molar-refractivity contribution in [3.05, 3.63) is 81.0 Å². The summed E-state index contributed by atoms with van der Waals surface area (Å²) in [5.41, 5.74) is 5.45. The molecule has 0 radical (unpaired) electrons. The number of halogens is 1. The minimum atomic E-state index is -0.433. The van der Waals surface area contributed by atoms with E-state index >= 15 is 0 Å². The fraction of sp³-hybridized carbons (Fsp3) is 0.167. The largest absolute Gasteiger partial charge is 0.356 e. The summed E-state index contributed by atoms with van der Waals surface area (Å²) >= 11 is 5.82. The monoisotopic (exact) mass is 355 g/mol. The van der Waals surface area contributed by atoms with E-state index in [1.54, 1.807) is 24.3 Å². The van der Waals surface area contributed by atoms with Crippen LogP contribution in [-0.2, 0) is 6.42 Å². The van der Waals surface area contributed by atoms with Gasteiger partial charge in [0.1, 0.15) is 5.82 Å². The molecule has 0 spiro atoms. The molecule has 3 N–H and O–H groups in total. The summed E-state index contributed by atoms with van der Waals surface area (Å²) < 4.78 is 1.43. The van der Waals surface area contributed by atoms with Crippen molar-refractivity contribution in [2.45, 2.75) is 19.8 Å². The quantitative estimate of drug-likeness (QED) is 0.653. The molecule has 1 aromatic heterocycles. The molecule has 7 heteroatoms. The van der Waals surface area contributed by atoms with Crippen LogP contribution in [0.3, 0.4) is 0 Å². The number of hydrogen-bond donors (Lipinski definition) is 2. The zero-order valence-corrected chi connectivity index (χ0v) is 14.5. The van der Waals surface area contributed by atoms with Crippen LogP contribution in [0.15, 0.2) is 64.5 Å². The Labute approximate surface area is 150 Å². The first-order valence-corrected chi connectivity index (χ1v) is 8.29. The molecule has 0 amide bonds. The number of benzene rings is 1.